The summed E-state index contributed by atoms with van der Waals surface area (Å²) in [5.74, 6) is 0.472. The number of nitrogens with zero attached hydrogens (tertiary/aromatic N) is 1. The van der Waals surface area contributed by atoms with Gasteiger partial charge in [0.1, 0.15) is 11.4 Å². The monoisotopic (exact) mass is 327 g/mol. The van der Waals surface area contributed by atoms with Crippen molar-refractivity contribution >= 4 is 34.9 Å². The molecule has 0 bridgehead atoms. The van der Waals surface area contributed by atoms with Gasteiger partial charge in [-0.3, -0.25) is 0 Å². The van der Waals surface area contributed by atoms with Gasteiger partial charge in [0, 0.05) is 11.6 Å². The third-order valence-electron chi connectivity index (χ3n) is 2.72. The minimum atomic E-state index is -0.347. The second-order valence-electron chi connectivity index (χ2n) is 4.81. The maximum Gasteiger partial charge on any atom is 0.319 e. The molecule has 1 aromatic heterocycles. The van der Waals surface area contributed by atoms with Crippen LogP contribution in [0.3, 0.4) is 0 Å². The molecule has 2 N–H and O–H groups in total. The average molecular weight is 328 g/mol. The average Bonchev–Trinajstić information content (AvgIpc) is 2.70. The summed E-state index contributed by atoms with van der Waals surface area (Å²) in [6.07, 6.45) is 0. The van der Waals surface area contributed by atoms with Gasteiger partial charge in [0.2, 0.25) is 0 Å². The van der Waals surface area contributed by atoms with Crippen molar-refractivity contribution < 1.29 is 9.32 Å². The van der Waals surface area contributed by atoms with Gasteiger partial charge in [0.15, 0.2) is 5.76 Å². The number of rotatable bonds is 3. The lowest BCUT2D eigenvalue weighted by Gasteiger charge is -2.11. The first-order valence-corrected chi connectivity index (χ1v) is 7.14. The lowest BCUT2D eigenvalue weighted by molar-refractivity contribution is 0.250. The number of aromatic nitrogens is 1. The second-order valence-corrected chi connectivity index (χ2v) is 5.63. The summed E-state index contributed by atoms with van der Waals surface area (Å²) in [6, 6.07) is 4.80. The summed E-state index contributed by atoms with van der Waals surface area (Å²) in [5, 5.41) is 10.3. The molecule has 5 nitrogen and oxygen atoms in total. The molecular weight excluding hydrogens is 313 g/mol. The number of amides is 2. The Morgan fingerprint density at radius 2 is 1.90 bits per heavy atom. The van der Waals surface area contributed by atoms with Crippen molar-refractivity contribution in [1.29, 1.82) is 0 Å². The van der Waals surface area contributed by atoms with Crippen molar-refractivity contribution in [3.63, 3.8) is 0 Å². The van der Waals surface area contributed by atoms with E-state index in [1.807, 2.05) is 13.8 Å². The van der Waals surface area contributed by atoms with E-state index < -0.39 is 0 Å². The molecule has 1 aromatic carbocycles. The molecule has 2 amide bonds. The Labute approximate surface area is 132 Å². The van der Waals surface area contributed by atoms with E-state index >= 15 is 0 Å². The van der Waals surface area contributed by atoms with Gasteiger partial charge in [-0.15, -0.1) is 0 Å². The lowest BCUT2D eigenvalue weighted by atomic mass is 10.1. The summed E-state index contributed by atoms with van der Waals surface area (Å²) in [6.45, 7) is 5.43. The molecule has 0 aliphatic heterocycles. The van der Waals surface area contributed by atoms with Crippen molar-refractivity contribution in [3.05, 3.63) is 34.0 Å². The number of carbonyl (C=O) groups excluding carboxylic acids is 1. The van der Waals surface area contributed by atoms with Crippen LogP contribution in [0.1, 0.15) is 19.6 Å². The number of carbonyl (C=O) groups is 1. The van der Waals surface area contributed by atoms with E-state index in [0.29, 0.717) is 32.8 Å². The molecular formula is C14H15Cl2N3O2. The van der Waals surface area contributed by atoms with E-state index in [1.54, 1.807) is 25.1 Å². The zero-order chi connectivity index (χ0) is 15.6. The van der Waals surface area contributed by atoms with E-state index in [2.05, 4.69) is 15.8 Å². The third-order valence-corrected chi connectivity index (χ3v) is 3.35. The van der Waals surface area contributed by atoms with Crippen molar-refractivity contribution in [1.82, 2.24) is 10.5 Å². The minimum absolute atomic E-state index is 0.0116. The molecule has 0 atom stereocenters. The topological polar surface area (TPSA) is 67.2 Å². The quantitative estimate of drug-likeness (QED) is 0.872. The largest absolute Gasteiger partial charge is 0.359 e. The van der Waals surface area contributed by atoms with Crippen LogP contribution < -0.4 is 10.6 Å². The van der Waals surface area contributed by atoms with Crippen LogP contribution in [-0.4, -0.2) is 17.2 Å². The van der Waals surface area contributed by atoms with Gasteiger partial charge in [0.25, 0.3) is 0 Å². The fourth-order valence-corrected chi connectivity index (χ4v) is 2.40. The number of hydrogen-bond acceptors (Lipinski definition) is 3. The van der Waals surface area contributed by atoms with Crippen LogP contribution in [-0.2, 0) is 0 Å². The van der Waals surface area contributed by atoms with Crippen molar-refractivity contribution in [2.75, 3.05) is 5.32 Å². The molecule has 0 fully saturated rings. The van der Waals surface area contributed by atoms with E-state index in [4.69, 9.17) is 27.7 Å². The predicted octanol–water partition coefficient (Wildman–Crippen LogP) is 4.49. The number of benzene rings is 1. The highest BCUT2D eigenvalue weighted by Crippen LogP contribution is 2.39. The molecule has 0 aliphatic rings. The molecule has 21 heavy (non-hydrogen) atoms. The maximum atomic E-state index is 11.9. The molecule has 2 aromatic rings. The summed E-state index contributed by atoms with van der Waals surface area (Å²) < 4.78 is 5.16. The highest BCUT2D eigenvalue weighted by molar-refractivity contribution is 6.39. The van der Waals surface area contributed by atoms with Crippen molar-refractivity contribution in [2.24, 2.45) is 0 Å². The zero-order valence-electron chi connectivity index (χ0n) is 11.8. The molecule has 0 saturated carbocycles. The van der Waals surface area contributed by atoms with Crippen LogP contribution in [0.25, 0.3) is 11.3 Å². The first kappa shape index (κ1) is 15.7. The Hall–Kier alpha value is -1.72. The van der Waals surface area contributed by atoms with Crippen LogP contribution in [0, 0.1) is 6.92 Å². The zero-order valence-corrected chi connectivity index (χ0v) is 13.3. The molecule has 0 aliphatic carbocycles. The number of urea groups is 1. The van der Waals surface area contributed by atoms with Crippen LogP contribution in [0.15, 0.2) is 22.7 Å². The smallest absolute Gasteiger partial charge is 0.319 e. The van der Waals surface area contributed by atoms with Gasteiger partial charge < -0.3 is 15.2 Å². The number of anilines is 1. The molecule has 0 radical (unpaired) electrons. The summed E-state index contributed by atoms with van der Waals surface area (Å²) in [7, 11) is 0. The highest BCUT2D eigenvalue weighted by atomic mass is 35.5. The summed E-state index contributed by atoms with van der Waals surface area (Å²) in [5.41, 5.74) is 1.38. The van der Waals surface area contributed by atoms with Crippen LogP contribution in [0.4, 0.5) is 10.5 Å². The number of nitrogens with one attached hydrogen (secondary N) is 2. The number of halogens is 2. The Morgan fingerprint density at radius 3 is 2.48 bits per heavy atom. The Balaban J connectivity index is 2.41. The Morgan fingerprint density at radius 1 is 1.29 bits per heavy atom. The van der Waals surface area contributed by atoms with E-state index in [9.17, 15) is 4.79 Å². The second kappa shape index (κ2) is 6.37. The van der Waals surface area contributed by atoms with Crippen LogP contribution in [0.2, 0.25) is 10.0 Å². The normalized spacial score (nSPS) is 10.8. The van der Waals surface area contributed by atoms with Crippen LogP contribution >= 0.6 is 23.2 Å². The van der Waals surface area contributed by atoms with Gasteiger partial charge in [-0.1, -0.05) is 34.4 Å². The van der Waals surface area contributed by atoms with Gasteiger partial charge in [-0.05, 0) is 32.9 Å². The Kier molecular flexibility index (Phi) is 4.75. The van der Waals surface area contributed by atoms with Gasteiger partial charge in [0.05, 0.1) is 10.0 Å². The number of aryl methyl sites for hydroxylation is 1. The van der Waals surface area contributed by atoms with Gasteiger partial charge >= 0.3 is 6.03 Å². The number of hydrogen-bond donors (Lipinski definition) is 2. The fourth-order valence-electron chi connectivity index (χ4n) is 1.83. The summed E-state index contributed by atoms with van der Waals surface area (Å²) >= 11 is 12.3. The third kappa shape index (κ3) is 3.49. The molecule has 0 saturated heterocycles. The van der Waals surface area contributed by atoms with E-state index in [-0.39, 0.29) is 12.1 Å². The van der Waals surface area contributed by atoms with Crippen molar-refractivity contribution in [3.8, 4) is 11.3 Å². The maximum absolute atomic E-state index is 11.9. The highest BCUT2D eigenvalue weighted by Gasteiger charge is 2.21. The molecule has 2 rings (SSSR count). The molecule has 0 spiro atoms. The molecule has 7 heteroatoms. The molecule has 1 heterocycles. The summed E-state index contributed by atoms with van der Waals surface area (Å²) in [4.78, 5) is 11.9. The standard InChI is InChI=1S/C14H15Cl2N3O2/c1-7(2)17-14(20)18-12-8(3)21-19-13(12)11-9(15)5-4-6-10(11)16/h4-7H,1-3H3,(H2,17,18,20). The van der Waals surface area contributed by atoms with E-state index in [1.165, 1.54) is 0 Å². The van der Waals surface area contributed by atoms with E-state index in [0.717, 1.165) is 0 Å². The lowest BCUT2D eigenvalue weighted by Crippen LogP contribution is -2.34. The minimum Gasteiger partial charge on any atom is -0.359 e. The fraction of sp³-hybridized carbons (Fsp3) is 0.286. The first-order valence-electron chi connectivity index (χ1n) is 6.38. The molecule has 112 valence electrons. The predicted molar refractivity (Wildman–Crippen MR) is 84.0 cm³/mol. The van der Waals surface area contributed by atoms with Crippen LogP contribution in [0.5, 0.6) is 0 Å². The van der Waals surface area contributed by atoms with Gasteiger partial charge in [-0.2, -0.15) is 0 Å². The Bertz CT molecular complexity index is 648. The van der Waals surface area contributed by atoms with Crippen molar-refractivity contribution in [2.45, 2.75) is 26.8 Å². The first-order chi connectivity index (χ1) is 9.90. The van der Waals surface area contributed by atoms with Gasteiger partial charge in [-0.25, -0.2) is 4.79 Å². The SMILES string of the molecule is Cc1onc(-c2c(Cl)cccc2Cl)c1NC(=O)NC(C)C. The molecule has 0 unspecified atom stereocenters.